The fourth-order valence-electron chi connectivity index (χ4n) is 19.2. The quantitative estimate of drug-likeness (QED) is 0.0982. The maximum atomic E-state index is 4.93. The molecule has 8 fully saturated rings. The third-order valence-corrected chi connectivity index (χ3v) is 36.3. The first-order chi connectivity index (χ1) is 33.5. The van der Waals surface area contributed by atoms with E-state index < -0.39 is 37.0 Å². The van der Waals surface area contributed by atoms with Gasteiger partial charge in [0.1, 0.15) is 0 Å². The Morgan fingerprint density at radius 2 is 0.653 bits per heavy atom. The number of fused-ring (bicyclic) bond motifs is 4. The number of nitrogens with zero attached hydrogens (tertiary/aromatic N) is 2. The molecule has 0 heterocycles. The second kappa shape index (κ2) is 34.6. The maximum absolute atomic E-state index is 4.93. The number of rotatable bonds is 10. The number of benzene rings is 2. The van der Waals surface area contributed by atoms with Crippen LogP contribution in [0, 0.1) is 101 Å². The molecule has 0 radical (unpaired) electrons. The van der Waals surface area contributed by atoms with E-state index in [1.165, 1.54) is 103 Å². The van der Waals surface area contributed by atoms with Crippen LogP contribution >= 0.6 is 80.7 Å². The van der Waals surface area contributed by atoms with Crippen molar-refractivity contribution in [1.82, 2.24) is 0 Å². The smallest absolute Gasteiger partial charge is 0.684 e. The van der Waals surface area contributed by atoms with E-state index in [4.69, 9.17) is 17.0 Å². The first-order valence-electron chi connectivity index (χ1n) is 28.5. The van der Waals surface area contributed by atoms with Crippen molar-refractivity contribution in [3.05, 3.63) is 101 Å². The van der Waals surface area contributed by atoms with Crippen molar-refractivity contribution >= 4 is 108 Å². The first-order valence-corrected chi connectivity index (χ1v) is 44.8. The topological polar surface area (TPSA) is 28.2 Å². The summed E-state index contributed by atoms with van der Waals surface area (Å²) in [5, 5.41) is 8.95. The summed E-state index contributed by atoms with van der Waals surface area (Å²) < 4.78 is 0. The van der Waals surface area contributed by atoms with Gasteiger partial charge < -0.3 is 40.3 Å². The summed E-state index contributed by atoms with van der Waals surface area (Å²) in [6.07, 6.45) is 24.8. The Labute approximate surface area is 538 Å². The van der Waals surface area contributed by atoms with Crippen molar-refractivity contribution in [3.8, 4) is 0 Å². The number of hydrogen-bond donors (Lipinski definition) is 0. The van der Waals surface area contributed by atoms with Crippen molar-refractivity contribution in [2.45, 2.75) is 205 Å². The monoisotopic (exact) mass is 1510 g/mol. The van der Waals surface area contributed by atoms with Gasteiger partial charge in [0, 0.05) is 19.3 Å². The van der Waals surface area contributed by atoms with E-state index in [0.29, 0.717) is 0 Å². The van der Waals surface area contributed by atoms with Crippen LogP contribution in [-0.2, 0) is 47.1 Å². The second-order valence-electron chi connectivity index (χ2n) is 25.6. The number of para-hydroxylation sites is 2. The van der Waals surface area contributed by atoms with Crippen molar-refractivity contribution in [1.29, 1.82) is 0 Å². The molecule has 0 N–H and O–H groups in total. The van der Waals surface area contributed by atoms with Gasteiger partial charge in [0.25, 0.3) is 0 Å². The molecule has 20 atom stereocenters. The number of hydrogen-bond acceptors (Lipinski definition) is 0. The molecule has 2 nitrogen and oxygen atoms in total. The Morgan fingerprint density at radius 3 is 0.880 bits per heavy atom. The minimum atomic E-state index is -1.28. The van der Waals surface area contributed by atoms with Gasteiger partial charge in [-0.3, -0.25) is 0 Å². The van der Waals surface area contributed by atoms with E-state index in [0.717, 1.165) is 143 Å². The van der Waals surface area contributed by atoms with Crippen LogP contribution in [-0.4, -0.2) is 48.5 Å². The van der Waals surface area contributed by atoms with E-state index >= 15 is 0 Å². The molecule has 20 unspecified atom stereocenters. The van der Waals surface area contributed by atoms with Gasteiger partial charge in [-0.15, -0.1) is 24.5 Å². The average molecular weight is 1520 g/mol. The number of halogens is 6. The zero-order chi connectivity index (χ0) is 50.3. The van der Waals surface area contributed by atoms with Crippen LogP contribution in [0.5, 0.6) is 0 Å². The molecule has 12 heteroatoms. The maximum Gasteiger partial charge on any atom is 4.00 e. The molecule has 2 aromatic carbocycles. The zero-order valence-corrected chi connectivity index (χ0v) is 63.7. The summed E-state index contributed by atoms with van der Waals surface area (Å²) in [5.41, 5.74) is 6.43. The van der Waals surface area contributed by atoms with E-state index in [-0.39, 0.29) is 55.9 Å². The Balaban J connectivity index is 0.000000369. The van der Waals surface area contributed by atoms with E-state index in [1.807, 2.05) is 60.7 Å². The Bertz CT molecular complexity index is 1650. The van der Waals surface area contributed by atoms with E-state index in [1.54, 1.807) is 0 Å². The van der Waals surface area contributed by atoms with E-state index in [2.05, 4.69) is 128 Å². The van der Waals surface area contributed by atoms with Crippen LogP contribution in [0.2, 0.25) is 48.4 Å². The SMILES string of the molecule is CC1CC2C(Br)CCCC2C1[Si](C)(C)C1C(C)CC2C(Br)CCCC21.CC1CC2C(Br)CCCC2C1[Si](C)(C)C1C(C)CC2C(Br)CCCC21.[CH3-].[CH3-].[CH3-].[CH3-].[Cl][Zr+2][Cl].[Zr+4].c1ccc([N-]CCC[N-]c2ccccc2)cc1. The molecule has 8 saturated carbocycles. The molecule has 75 heavy (non-hydrogen) atoms. The molecule has 424 valence electrons. The summed E-state index contributed by atoms with van der Waals surface area (Å²) in [4.78, 5) is 3.27. The molecule has 0 bridgehead atoms. The Hall–Kier alpha value is 2.74. The van der Waals surface area contributed by atoms with Gasteiger partial charge in [-0.25, -0.2) is 0 Å². The largest absolute Gasteiger partial charge is 4.00 e. The van der Waals surface area contributed by atoms with Crippen LogP contribution in [0.15, 0.2) is 60.7 Å². The first kappa shape index (κ1) is 73.8. The van der Waals surface area contributed by atoms with Crippen LogP contribution in [0.4, 0.5) is 11.4 Å². The summed E-state index contributed by atoms with van der Waals surface area (Å²) in [6.45, 7) is 23.5. The van der Waals surface area contributed by atoms with Crippen molar-refractivity contribution in [2.24, 2.45) is 71.0 Å². The molecule has 10 rings (SSSR count). The van der Waals surface area contributed by atoms with Gasteiger partial charge in [-0.1, -0.05) is 236 Å². The molecule has 0 aromatic heterocycles. The van der Waals surface area contributed by atoms with Gasteiger partial charge in [-0.05, 0) is 145 Å². The predicted octanol–water partition coefficient (Wildman–Crippen LogP) is 23.7. The van der Waals surface area contributed by atoms with Crippen LogP contribution in [0.1, 0.15) is 137 Å². The standard InChI is InChI=1S/2C22H38Br2Si.C15H16N2.4CH3.2ClH.2Zr/c2*1-13-11-17-15(7-5-9-19(17)23)21(13)25(3,4)22-14(2)12-18-16(22)8-6-10-20(18)24;1-3-8-14(9-4-1)16-12-7-13-17-15-10-5-2-6-11-15;;;;;;;;/h2*13-22H,5-12H2,1-4H3;1-6,8-11H,7,12-13H2;4*1H3;2*1H;;/q;;-2;4*-1;;;2*+4/p-2. The minimum Gasteiger partial charge on any atom is -0.684 e. The van der Waals surface area contributed by atoms with Crippen molar-refractivity contribution in [3.63, 3.8) is 0 Å². The van der Waals surface area contributed by atoms with Gasteiger partial charge in [0.2, 0.25) is 0 Å². The molecule has 0 aliphatic heterocycles. The van der Waals surface area contributed by atoms with Gasteiger partial charge in [-0.2, -0.15) is 0 Å². The molecular formula is C63H104Br4Cl2N2Si2Zr2. The Morgan fingerprint density at radius 1 is 0.427 bits per heavy atom. The minimum absolute atomic E-state index is 0. The Kier molecular flexibility index (Phi) is 34.1. The van der Waals surface area contributed by atoms with Gasteiger partial charge in [0.05, 0.1) is 16.1 Å². The fourth-order valence-corrected chi connectivity index (χ4v) is 36.3. The van der Waals surface area contributed by atoms with Gasteiger partial charge >= 0.3 is 64.1 Å². The average Bonchev–Trinajstić information content (AvgIpc) is 4.08. The molecule has 8 aliphatic carbocycles. The molecular weight excluding hydrogens is 1410 g/mol. The van der Waals surface area contributed by atoms with Crippen LogP contribution in [0.25, 0.3) is 10.6 Å². The summed E-state index contributed by atoms with van der Waals surface area (Å²) in [7, 11) is 7.31. The molecule has 0 saturated heterocycles. The molecule has 0 spiro atoms. The molecule has 8 aliphatic rings. The molecule has 0 amide bonds. The predicted molar refractivity (Wildman–Crippen MR) is 350 cm³/mol. The van der Waals surface area contributed by atoms with E-state index in [9.17, 15) is 0 Å². The summed E-state index contributed by atoms with van der Waals surface area (Å²) in [5.74, 6) is 12.0. The number of alkyl halides is 4. The van der Waals surface area contributed by atoms with Crippen LogP contribution in [0.3, 0.4) is 0 Å². The third-order valence-electron chi connectivity index (χ3n) is 20.9. The fraction of sp³-hybridized carbons (Fsp3) is 0.746. The van der Waals surface area contributed by atoms with Crippen LogP contribution < -0.4 is 0 Å². The van der Waals surface area contributed by atoms with Crippen molar-refractivity contribution in [2.75, 3.05) is 13.1 Å². The normalized spacial score (nSPS) is 38.1. The summed E-state index contributed by atoms with van der Waals surface area (Å²) >= 11 is 15.5. The molecule has 2 aromatic rings. The van der Waals surface area contributed by atoms with Gasteiger partial charge in [0.15, 0.2) is 0 Å². The summed E-state index contributed by atoms with van der Waals surface area (Å²) in [6, 6.07) is 20.1. The zero-order valence-electron chi connectivity index (χ0n) is 48.9. The van der Waals surface area contributed by atoms with Crippen molar-refractivity contribution < 1.29 is 47.1 Å². The third kappa shape index (κ3) is 17.9. The second-order valence-corrected chi connectivity index (χ2v) is 43.9.